The number of aromatic nitrogens is 2. The standard InChI is InChI=1S/C11H9FN2O2S2/c1-6-13-14-11(18-6)17-5-8-3-2-7(10(15)16)4-9(8)12/h2-4H,5H2,1H3,(H,15,16). The Kier molecular flexibility index (Phi) is 3.93. The maximum atomic E-state index is 13.6. The van der Waals surface area contributed by atoms with Crippen LogP contribution in [0, 0.1) is 12.7 Å². The molecule has 1 N–H and O–H groups in total. The Balaban J connectivity index is 2.08. The van der Waals surface area contributed by atoms with Crippen molar-refractivity contribution in [1.82, 2.24) is 10.2 Å². The van der Waals surface area contributed by atoms with Crippen molar-refractivity contribution in [3.05, 3.63) is 40.2 Å². The Morgan fingerprint density at radius 1 is 1.50 bits per heavy atom. The number of benzene rings is 1. The van der Waals surface area contributed by atoms with Gasteiger partial charge >= 0.3 is 5.97 Å². The SMILES string of the molecule is Cc1nnc(SCc2ccc(C(=O)O)cc2F)s1. The second-order valence-electron chi connectivity index (χ2n) is 3.49. The van der Waals surface area contributed by atoms with E-state index in [0.717, 1.165) is 15.4 Å². The number of carboxylic acids is 1. The largest absolute Gasteiger partial charge is 0.478 e. The van der Waals surface area contributed by atoms with Crippen LogP contribution in [0.3, 0.4) is 0 Å². The summed E-state index contributed by atoms with van der Waals surface area (Å²) in [6, 6.07) is 3.91. The lowest BCUT2D eigenvalue weighted by atomic mass is 10.1. The average molecular weight is 284 g/mol. The van der Waals surface area contributed by atoms with Crippen molar-refractivity contribution < 1.29 is 14.3 Å². The van der Waals surface area contributed by atoms with Crippen LogP contribution >= 0.6 is 23.1 Å². The lowest BCUT2D eigenvalue weighted by Gasteiger charge is -2.02. The van der Waals surface area contributed by atoms with E-state index in [1.54, 1.807) is 0 Å². The van der Waals surface area contributed by atoms with Crippen LogP contribution < -0.4 is 0 Å². The van der Waals surface area contributed by atoms with E-state index in [2.05, 4.69) is 10.2 Å². The predicted molar refractivity (Wildman–Crippen MR) is 67.6 cm³/mol. The van der Waals surface area contributed by atoms with Gasteiger partial charge in [0.25, 0.3) is 0 Å². The highest BCUT2D eigenvalue weighted by atomic mass is 32.2. The summed E-state index contributed by atoms with van der Waals surface area (Å²) < 4.78 is 14.4. The Morgan fingerprint density at radius 2 is 2.28 bits per heavy atom. The van der Waals surface area contributed by atoms with E-state index in [-0.39, 0.29) is 5.56 Å². The number of hydrogen-bond acceptors (Lipinski definition) is 5. The third-order valence-corrected chi connectivity index (χ3v) is 4.18. The number of carboxylic acid groups (broad SMARTS) is 1. The first-order chi connectivity index (χ1) is 8.56. The molecular formula is C11H9FN2O2S2. The van der Waals surface area contributed by atoms with Crippen molar-refractivity contribution in [2.75, 3.05) is 0 Å². The van der Waals surface area contributed by atoms with Gasteiger partial charge < -0.3 is 5.11 Å². The van der Waals surface area contributed by atoms with E-state index >= 15 is 0 Å². The molecule has 4 nitrogen and oxygen atoms in total. The first-order valence-corrected chi connectivity index (χ1v) is 6.81. The van der Waals surface area contributed by atoms with Gasteiger partial charge in [-0.1, -0.05) is 29.2 Å². The average Bonchev–Trinajstić information content (AvgIpc) is 2.73. The minimum absolute atomic E-state index is 0.0481. The number of hydrogen-bond donors (Lipinski definition) is 1. The van der Waals surface area contributed by atoms with Gasteiger partial charge in [0.15, 0.2) is 4.34 Å². The van der Waals surface area contributed by atoms with E-state index in [9.17, 15) is 9.18 Å². The normalized spacial score (nSPS) is 10.6. The van der Waals surface area contributed by atoms with Crippen LogP contribution in [0.5, 0.6) is 0 Å². The molecule has 0 saturated carbocycles. The minimum atomic E-state index is -1.13. The molecule has 94 valence electrons. The highest BCUT2D eigenvalue weighted by molar-refractivity contribution is 8.00. The number of carbonyl (C=O) groups is 1. The van der Waals surface area contributed by atoms with Crippen molar-refractivity contribution in [3.8, 4) is 0 Å². The number of thioether (sulfide) groups is 1. The Bertz CT molecular complexity index is 586. The Morgan fingerprint density at radius 3 is 2.83 bits per heavy atom. The molecule has 1 aromatic carbocycles. The topological polar surface area (TPSA) is 63.1 Å². The van der Waals surface area contributed by atoms with Gasteiger partial charge in [-0.05, 0) is 24.6 Å². The number of aryl methyl sites for hydroxylation is 1. The molecule has 18 heavy (non-hydrogen) atoms. The predicted octanol–water partition coefficient (Wildman–Crippen LogP) is 2.98. The van der Waals surface area contributed by atoms with Crippen LogP contribution in [-0.4, -0.2) is 21.3 Å². The summed E-state index contributed by atoms with van der Waals surface area (Å²) in [5.41, 5.74) is 0.408. The van der Waals surface area contributed by atoms with Crippen molar-refractivity contribution in [1.29, 1.82) is 0 Å². The molecule has 0 fully saturated rings. The van der Waals surface area contributed by atoms with Gasteiger partial charge in [0.05, 0.1) is 5.56 Å². The monoisotopic (exact) mass is 284 g/mol. The van der Waals surface area contributed by atoms with Crippen molar-refractivity contribution >= 4 is 29.1 Å². The van der Waals surface area contributed by atoms with Gasteiger partial charge in [-0.3, -0.25) is 0 Å². The minimum Gasteiger partial charge on any atom is -0.478 e. The van der Waals surface area contributed by atoms with Gasteiger partial charge in [-0.25, -0.2) is 9.18 Å². The fourth-order valence-electron chi connectivity index (χ4n) is 1.27. The molecule has 1 heterocycles. The molecule has 0 spiro atoms. The molecule has 7 heteroatoms. The van der Waals surface area contributed by atoms with Gasteiger partial charge in [-0.2, -0.15) is 0 Å². The molecule has 0 aliphatic rings. The number of halogens is 1. The van der Waals surface area contributed by atoms with Crippen LogP contribution in [0.4, 0.5) is 4.39 Å². The quantitative estimate of drug-likeness (QED) is 0.874. The second kappa shape index (κ2) is 5.45. The summed E-state index contributed by atoms with van der Waals surface area (Å²) in [5.74, 6) is -1.24. The third kappa shape index (κ3) is 3.05. The maximum Gasteiger partial charge on any atom is 0.335 e. The molecule has 0 atom stereocenters. The molecule has 2 aromatic rings. The van der Waals surface area contributed by atoms with E-state index in [1.165, 1.54) is 35.2 Å². The molecule has 0 amide bonds. The van der Waals surface area contributed by atoms with Crippen LogP contribution in [0.1, 0.15) is 20.9 Å². The van der Waals surface area contributed by atoms with Crippen molar-refractivity contribution in [2.45, 2.75) is 17.0 Å². The molecule has 2 rings (SSSR count). The van der Waals surface area contributed by atoms with Crippen LogP contribution in [0.25, 0.3) is 0 Å². The Labute approximate surface area is 111 Å². The molecule has 1 aromatic heterocycles. The van der Waals surface area contributed by atoms with E-state index in [1.807, 2.05) is 6.92 Å². The van der Waals surface area contributed by atoms with E-state index in [0.29, 0.717) is 11.3 Å². The third-order valence-electron chi connectivity index (χ3n) is 2.16. The summed E-state index contributed by atoms with van der Waals surface area (Å²) in [5, 5.41) is 17.4. The molecule has 0 bridgehead atoms. The summed E-state index contributed by atoms with van der Waals surface area (Å²) in [7, 11) is 0. The maximum absolute atomic E-state index is 13.6. The van der Waals surface area contributed by atoms with E-state index in [4.69, 9.17) is 5.11 Å². The number of aromatic carboxylic acids is 1. The fraction of sp³-hybridized carbons (Fsp3) is 0.182. The Hall–Kier alpha value is -1.47. The first-order valence-electron chi connectivity index (χ1n) is 5.01. The zero-order valence-electron chi connectivity index (χ0n) is 9.38. The first kappa shape index (κ1) is 13.0. The summed E-state index contributed by atoms with van der Waals surface area (Å²) in [6.45, 7) is 1.85. The lowest BCUT2D eigenvalue weighted by Crippen LogP contribution is -1.98. The highest BCUT2D eigenvalue weighted by Crippen LogP contribution is 2.26. The van der Waals surface area contributed by atoms with Crippen LogP contribution in [0.2, 0.25) is 0 Å². The number of nitrogens with zero attached hydrogens (tertiary/aromatic N) is 2. The van der Waals surface area contributed by atoms with Crippen molar-refractivity contribution in [2.24, 2.45) is 0 Å². The zero-order chi connectivity index (χ0) is 13.1. The van der Waals surface area contributed by atoms with Crippen molar-refractivity contribution in [3.63, 3.8) is 0 Å². The molecule has 0 unspecified atom stereocenters. The second-order valence-corrected chi connectivity index (χ2v) is 5.89. The van der Waals surface area contributed by atoms with Gasteiger partial charge in [0, 0.05) is 5.75 Å². The highest BCUT2D eigenvalue weighted by Gasteiger charge is 2.09. The summed E-state index contributed by atoms with van der Waals surface area (Å²) in [4.78, 5) is 10.7. The molecule has 0 aliphatic heterocycles. The lowest BCUT2D eigenvalue weighted by molar-refractivity contribution is 0.0696. The molecule has 0 radical (unpaired) electrons. The van der Waals surface area contributed by atoms with Crippen LogP contribution in [-0.2, 0) is 5.75 Å². The van der Waals surface area contributed by atoms with Gasteiger partial charge in [0.1, 0.15) is 10.8 Å². The molecule has 0 aliphatic carbocycles. The van der Waals surface area contributed by atoms with Gasteiger partial charge in [0.2, 0.25) is 0 Å². The fourth-order valence-corrected chi connectivity index (χ4v) is 3.08. The number of rotatable bonds is 4. The molecule has 0 saturated heterocycles. The smallest absolute Gasteiger partial charge is 0.335 e. The van der Waals surface area contributed by atoms with Crippen LogP contribution in [0.15, 0.2) is 22.5 Å². The summed E-state index contributed by atoms with van der Waals surface area (Å²) >= 11 is 2.83. The zero-order valence-corrected chi connectivity index (χ0v) is 11.0. The summed E-state index contributed by atoms with van der Waals surface area (Å²) in [6.07, 6.45) is 0. The van der Waals surface area contributed by atoms with E-state index < -0.39 is 11.8 Å². The van der Waals surface area contributed by atoms with Gasteiger partial charge in [-0.15, -0.1) is 10.2 Å². The molecular weight excluding hydrogens is 275 g/mol.